The van der Waals surface area contributed by atoms with Crippen LogP contribution in [0.4, 0.5) is 0 Å². The number of nitrogens with one attached hydrogen (secondary N) is 1. The number of hydrogen-bond acceptors (Lipinski definition) is 4. The average Bonchev–Trinajstić information content (AvgIpc) is 3.15. The fourth-order valence-corrected chi connectivity index (χ4v) is 4.69. The Morgan fingerprint density at radius 3 is 2.53 bits per heavy atom. The van der Waals surface area contributed by atoms with Crippen molar-refractivity contribution >= 4 is 53.5 Å². The molecule has 1 aliphatic rings. The number of imidazole rings is 1. The van der Waals surface area contributed by atoms with Gasteiger partial charge in [-0.1, -0.05) is 42.1 Å². The summed E-state index contributed by atoms with van der Waals surface area (Å²) in [5, 5.41) is 0.876. The highest BCUT2D eigenvalue weighted by Crippen LogP contribution is 2.26. The molecule has 5 nitrogen and oxygen atoms in total. The summed E-state index contributed by atoms with van der Waals surface area (Å²) in [5.41, 5.74) is 9.87. The minimum atomic E-state index is 0. The van der Waals surface area contributed by atoms with Crippen molar-refractivity contribution in [3.05, 3.63) is 59.7 Å². The summed E-state index contributed by atoms with van der Waals surface area (Å²) in [5.74, 6) is 1.35. The maximum Gasteiger partial charge on any atom is 0.254 e. The van der Waals surface area contributed by atoms with E-state index in [1.165, 1.54) is 0 Å². The third kappa shape index (κ3) is 5.49. The lowest BCUT2D eigenvalue weighted by Gasteiger charge is -2.34. The number of fused-ring (bicyclic) bond motifs is 1. The maximum atomic E-state index is 13.1. The molecular weight excluding hydrogens is 439 g/mol. The summed E-state index contributed by atoms with van der Waals surface area (Å²) in [6, 6.07) is 16.1. The topological polar surface area (TPSA) is 75.0 Å². The van der Waals surface area contributed by atoms with Gasteiger partial charge in [0.25, 0.3) is 5.91 Å². The van der Waals surface area contributed by atoms with Crippen molar-refractivity contribution in [2.45, 2.75) is 36.7 Å². The fourth-order valence-electron chi connectivity index (χ4n) is 3.80. The van der Waals surface area contributed by atoms with Gasteiger partial charge >= 0.3 is 0 Å². The van der Waals surface area contributed by atoms with Crippen LogP contribution in [0, 0.1) is 5.92 Å². The zero-order valence-corrected chi connectivity index (χ0v) is 19.4. The number of halogens is 2. The number of benzene rings is 2. The molecule has 1 saturated heterocycles. The second-order valence-corrected chi connectivity index (χ2v) is 8.46. The van der Waals surface area contributed by atoms with Gasteiger partial charge in [0.05, 0.1) is 11.0 Å². The molecule has 8 heteroatoms. The minimum absolute atomic E-state index is 0. The standard InChI is InChI=1S/C22H26N4OS.2ClH/c1-15(23)16-10-12-26(13-11-16)21(27)18-7-3-2-6-17(18)14-28-22-24-19-8-4-5-9-20(19)25-22;;/h2-9,15-16H,10-14,23H2,1H3,(H,24,25);2*1H. The number of nitrogens with zero attached hydrogens (tertiary/aromatic N) is 2. The molecule has 1 amide bonds. The number of carbonyl (C=O) groups excluding carboxylic acids is 1. The molecule has 1 aromatic heterocycles. The number of likely N-dealkylation sites (tertiary alicyclic amines) is 1. The summed E-state index contributed by atoms with van der Waals surface area (Å²) in [4.78, 5) is 23.0. The number of aromatic amines is 1. The molecule has 30 heavy (non-hydrogen) atoms. The van der Waals surface area contributed by atoms with Gasteiger partial charge < -0.3 is 15.6 Å². The van der Waals surface area contributed by atoms with E-state index in [2.05, 4.69) is 16.9 Å². The highest BCUT2D eigenvalue weighted by molar-refractivity contribution is 7.98. The van der Waals surface area contributed by atoms with Crippen molar-refractivity contribution in [2.24, 2.45) is 11.7 Å². The van der Waals surface area contributed by atoms with Crippen LogP contribution < -0.4 is 5.73 Å². The van der Waals surface area contributed by atoms with Crippen LogP contribution in [0.15, 0.2) is 53.7 Å². The minimum Gasteiger partial charge on any atom is -0.339 e. The van der Waals surface area contributed by atoms with E-state index in [4.69, 9.17) is 5.73 Å². The number of carbonyl (C=O) groups is 1. The molecule has 162 valence electrons. The number of amides is 1. The lowest BCUT2D eigenvalue weighted by Crippen LogP contribution is -2.42. The average molecular weight is 467 g/mol. The molecule has 3 N–H and O–H groups in total. The number of aromatic nitrogens is 2. The van der Waals surface area contributed by atoms with Gasteiger partial charge in [0, 0.05) is 30.4 Å². The molecule has 1 fully saturated rings. The summed E-state index contributed by atoms with van der Waals surface area (Å²) in [7, 11) is 0. The van der Waals surface area contributed by atoms with Crippen LogP contribution in [-0.2, 0) is 5.75 Å². The fraction of sp³-hybridized carbons (Fsp3) is 0.364. The van der Waals surface area contributed by atoms with E-state index in [-0.39, 0.29) is 36.8 Å². The first-order valence-corrected chi connectivity index (χ1v) is 10.8. The van der Waals surface area contributed by atoms with Gasteiger partial charge in [0.1, 0.15) is 0 Å². The molecule has 0 saturated carbocycles. The van der Waals surface area contributed by atoms with Gasteiger partial charge in [-0.25, -0.2) is 4.98 Å². The van der Waals surface area contributed by atoms with Crippen LogP contribution >= 0.6 is 36.6 Å². The highest BCUT2D eigenvalue weighted by Gasteiger charge is 2.26. The second kappa shape index (κ2) is 11.0. The van der Waals surface area contributed by atoms with Gasteiger partial charge in [-0.3, -0.25) is 4.79 Å². The molecule has 1 unspecified atom stereocenters. The SMILES string of the molecule is CC(N)C1CCN(C(=O)c2ccccc2CSc2nc3ccccc3[nH]2)CC1.Cl.Cl. The number of piperidine rings is 1. The van der Waals surface area contributed by atoms with Gasteiger partial charge in [0.2, 0.25) is 0 Å². The predicted molar refractivity (Wildman–Crippen MR) is 129 cm³/mol. The Kier molecular flexibility index (Phi) is 9.04. The summed E-state index contributed by atoms with van der Waals surface area (Å²) < 4.78 is 0. The van der Waals surface area contributed by atoms with Gasteiger partial charge in [-0.2, -0.15) is 0 Å². The molecular formula is C22H28Cl2N4OS. The summed E-state index contributed by atoms with van der Waals surface area (Å²) >= 11 is 1.63. The van der Waals surface area contributed by atoms with Crippen molar-refractivity contribution in [1.29, 1.82) is 0 Å². The normalized spacial score (nSPS) is 15.3. The molecule has 0 spiro atoms. The van der Waals surface area contributed by atoms with Crippen LogP contribution in [0.1, 0.15) is 35.7 Å². The zero-order chi connectivity index (χ0) is 19.5. The number of H-pyrrole nitrogens is 1. The van der Waals surface area contributed by atoms with E-state index in [9.17, 15) is 4.79 Å². The molecule has 0 radical (unpaired) electrons. The Hall–Kier alpha value is -1.73. The van der Waals surface area contributed by atoms with Crippen LogP contribution in [0.2, 0.25) is 0 Å². The Labute approximate surface area is 194 Å². The van der Waals surface area contributed by atoms with E-state index in [0.29, 0.717) is 11.7 Å². The molecule has 0 bridgehead atoms. The van der Waals surface area contributed by atoms with Crippen molar-refractivity contribution in [3.63, 3.8) is 0 Å². The van der Waals surface area contributed by atoms with Crippen molar-refractivity contribution in [1.82, 2.24) is 14.9 Å². The third-order valence-electron chi connectivity index (χ3n) is 5.55. The summed E-state index contributed by atoms with van der Waals surface area (Å²) in [6.45, 7) is 3.64. The third-order valence-corrected chi connectivity index (χ3v) is 6.47. The molecule has 1 atom stereocenters. The molecule has 4 rings (SSSR count). The first-order chi connectivity index (χ1) is 13.6. The largest absolute Gasteiger partial charge is 0.339 e. The van der Waals surface area contributed by atoms with E-state index < -0.39 is 0 Å². The van der Waals surface area contributed by atoms with E-state index in [1.807, 2.05) is 53.4 Å². The van der Waals surface area contributed by atoms with Crippen molar-refractivity contribution in [3.8, 4) is 0 Å². The van der Waals surface area contributed by atoms with Gasteiger partial charge in [0.15, 0.2) is 5.16 Å². The van der Waals surface area contributed by atoms with Crippen LogP contribution in [-0.4, -0.2) is 39.9 Å². The first-order valence-electron chi connectivity index (χ1n) is 9.82. The number of rotatable bonds is 5. The molecule has 0 aliphatic carbocycles. The maximum absolute atomic E-state index is 13.1. The number of thioether (sulfide) groups is 1. The van der Waals surface area contributed by atoms with Crippen molar-refractivity contribution in [2.75, 3.05) is 13.1 Å². The lowest BCUT2D eigenvalue weighted by molar-refractivity contribution is 0.0680. The monoisotopic (exact) mass is 466 g/mol. The lowest BCUT2D eigenvalue weighted by atomic mass is 9.90. The Morgan fingerprint density at radius 1 is 1.17 bits per heavy atom. The van der Waals surface area contributed by atoms with Crippen LogP contribution in [0.5, 0.6) is 0 Å². The quantitative estimate of drug-likeness (QED) is 0.524. The molecule has 3 aromatic rings. The molecule has 1 aliphatic heterocycles. The van der Waals surface area contributed by atoms with E-state index >= 15 is 0 Å². The number of hydrogen-bond donors (Lipinski definition) is 2. The predicted octanol–water partition coefficient (Wildman–Crippen LogP) is 4.90. The molecule has 2 aromatic carbocycles. The van der Waals surface area contributed by atoms with Gasteiger partial charge in [-0.15, -0.1) is 24.8 Å². The number of nitrogens with two attached hydrogens (primary N) is 1. The number of para-hydroxylation sites is 2. The summed E-state index contributed by atoms with van der Waals surface area (Å²) in [6.07, 6.45) is 1.97. The molecule has 2 heterocycles. The smallest absolute Gasteiger partial charge is 0.254 e. The Bertz CT molecular complexity index is 937. The van der Waals surface area contributed by atoms with E-state index in [1.54, 1.807) is 11.8 Å². The second-order valence-electron chi connectivity index (χ2n) is 7.49. The van der Waals surface area contributed by atoms with Crippen LogP contribution in [0.25, 0.3) is 11.0 Å². The zero-order valence-electron chi connectivity index (χ0n) is 16.9. The first kappa shape index (κ1) is 24.5. The van der Waals surface area contributed by atoms with Crippen LogP contribution in [0.3, 0.4) is 0 Å². The van der Waals surface area contributed by atoms with E-state index in [0.717, 1.165) is 53.2 Å². The Balaban J connectivity index is 0.00000160. The Morgan fingerprint density at radius 2 is 1.83 bits per heavy atom. The highest BCUT2D eigenvalue weighted by atomic mass is 35.5. The van der Waals surface area contributed by atoms with Crippen molar-refractivity contribution < 1.29 is 4.79 Å². The van der Waals surface area contributed by atoms with Gasteiger partial charge in [-0.05, 0) is 49.4 Å².